The molecule has 1 atom stereocenters. The minimum Gasteiger partial charge on any atom is -0.329 e. The van der Waals surface area contributed by atoms with Gasteiger partial charge in [-0.2, -0.15) is 0 Å². The highest BCUT2D eigenvalue weighted by Gasteiger charge is 2.34. The first-order chi connectivity index (χ1) is 10.2. The monoisotopic (exact) mass is 288 g/mol. The zero-order valence-corrected chi connectivity index (χ0v) is 13.9. The molecule has 1 aliphatic rings. The summed E-state index contributed by atoms with van der Waals surface area (Å²) in [5, 5.41) is 0. The van der Waals surface area contributed by atoms with E-state index < -0.39 is 0 Å². The van der Waals surface area contributed by atoms with Crippen LogP contribution >= 0.6 is 0 Å². The summed E-state index contributed by atoms with van der Waals surface area (Å²) < 4.78 is 0. The number of likely N-dealkylation sites (N-methyl/N-ethyl adjacent to an activating group) is 1. The van der Waals surface area contributed by atoms with Gasteiger partial charge < -0.3 is 5.73 Å². The Morgan fingerprint density at radius 3 is 2.38 bits per heavy atom. The molecule has 1 aromatic carbocycles. The molecular formula is C19H32N2. The number of aryl methyl sites for hydroxylation is 1. The molecule has 1 unspecified atom stereocenters. The zero-order valence-electron chi connectivity index (χ0n) is 13.9. The maximum atomic E-state index is 6.21. The Balaban J connectivity index is 2.02. The van der Waals surface area contributed by atoms with Crippen LogP contribution in [0, 0.1) is 0 Å². The van der Waals surface area contributed by atoms with E-state index in [4.69, 9.17) is 5.73 Å². The van der Waals surface area contributed by atoms with Crippen LogP contribution in [0.5, 0.6) is 0 Å². The number of rotatable bonds is 7. The quantitative estimate of drug-likeness (QED) is 0.822. The number of hydrogen-bond acceptors (Lipinski definition) is 2. The second-order valence-electron chi connectivity index (χ2n) is 6.76. The summed E-state index contributed by atoms with van der Waals surface area (Å²) in [7, 11) is 0. The van der Waals surface area contributed by atoms with Crippen LogP contribution in [0.1, 0.15) is 57.9 Å². The second kappa shape index (κ2) is 7.95. The molecule has 118 valence electrons. The molecule has 2 N–H and O–H groups in total. The Morgan fingerprint density at radius 1 is 1.14 bits per heavy atom. The highest BCUT2D eigenvalue weighted by Crippen LogP contribution is 2.30. The van der Waals surface area contributed by atoms with E-state index in [1.54, 1.807) is 0 Å². The molecule has 0 amide bonds. The Hall–Kier alpha value is -0.860. The fraction of sp³-hybridized carbons (Fsp3) is 0.684. The third-order valence-corrected chi connectivity index (χ3v) is 5.28. The van der Waals surface area contributed by atoms with Gasteiger partial charge in [-0.05, 0) is 44.7 Å². The smallest absolute Gasteiger partial charge is 0.0309 e. The maximum Gasteiger partial charge on any atom is 0.0309 e. The van der Waals surface area contributed by atoms with Gasteiger partial charge in [0.15, 0.2) is 0 Å². The lowest BCUT2D eigenvalue weighted by Gasteiger charge is -2.46. The number of hydrogen-bond donors (Lipinski definition) is 1. The molecule has 0 spiro atoms. The van der Waals surface area contributed by atoms with Crippen LogP contribution in [0.15, 0.2) is 30.3 Å². The standard InChI is InChI=1S/C19H32N2/c1-3-21(18-12-8-5-9-13-18)19(2,16-20)15-14-17-10-6-4-7-11-17/h4,6-7,10-11,18H,3,5,8-9,12-16,20H2,1-2H3. The average molecular weight is 288 g/mol. The summed E-state index contributed by atoms with van der Waals surface area (Å²) in [4.78, 5) is 2.70. The summed E-state index contributed by atoms with van der Waals surface area (Å²) >= 11 is 0. The first-order valence-corrected chi connectivity index (χ1v) is 8.70. The van der Waals surface area contributed by atoms with Gasteiger partial charge in [-0.15, -0.1) is 0 Å². The lowest BCUT2D eigenvalue weighted by molar-refractivity contribution is 0.0415. The van der Waals surface area contributed by atoms with Crippen LogP contribution in [0.25, 0.3) is 0 Å². The van der Waals surface area contributed by atoms with Crippen LogP contribution in [0.3, 0.4) is 0 Å². The van der Waals surface area contributed by atoms with Crippen LogP contribution in [-0.2, 0) is 6.42 Å². The molecule has 2 nitrogen and oxygen atoms in total. The number of benzene rings is 1. The van der Waals surface area contributed by atoms with E-state index >= 15 is 0 Å². The van der Waals surface area contributed by atoms with E-state index in [0.29, 0.717) is 0 Å². The van der Waals surface area contributed by atoms with Crippen molar-refractivity contribution < 1.29 is 0 Å². The van der Waals surface area contributed by atoms with E-state index in [-0.39, 0.29) is 5.54 Å². The molecule has 0 saturated heterocycles. The van der Waals surface area contributed by atoms with Crippen molar-refractivity contribution in [2.75, 3.05) is 13.1 Å². The molecule has 0 aromatic heterocycles. The fourth-order valence-electron chi connectivity index (χ4n) is 3.89. The van der Waals surface area contributed by atoms with Crippen molar-refractivity contribution in [3.8, 4) is 0 Å². The van der Waals surface area contributed by atoms with E-state index in [2.05, 4.69) is 49.1 Å². The third kappa shape index (κ3) is 4.31. The molecule has 1 saturated carbocycles. The largest absolute Gasteiger partial charge is 0.329 e. The van der Waals surface area contributed by atoms with Gasteiger partial charge in [0, 0.05) is 18.1 Å². The molecule has 1 fully saturated rings. The molecule has 0 heterocycles. The van der Waals surface area contributed by atoms with E-state index in [0.717, 1.165) is 32.0 Å². The van der Waals surface area contributed by atoms with Crippen molar-refractivity contribution in [3.63, 3.8) is 0 Å². The van der Waals surface area contributed by atoms with E-state index in [1.807, 2.05) is 0 Å². The molecule has 21 heavy (non-hydrogen) atoms. The average Bonchev–Trinajstić information content (AvgIpc) is 2.55. The summed E-state index contributed by atoms with van der Waals surface area (Å²) in [6.45, 7) is 6.54. The minimum atomic E-state index is 0.132. The highest BCUT2D eigenvalue weighted by molar-refractivity contribution is 5.15. The van der Waals surface area contributed by atoms with Crippen molar-refractivity contribution in [2.45, 2.75) is 70.4 Å². The van der Waals surface area contributed by atoms with Crippen molar-refractivity contribution in [1.82, 2.24) is 4.90 Å². The van der Waals surface area contributed by atoms with Crippen molar-refractivity contribution >= 4 is 0 Å². The summed E-state index contributed by atoms with van der Waals surface area (Å²) in [5.41, 5.74) is 7.77. The number of nitrogens with zero attached hydrogens (tertiary/aromatic N) is 1. The Kier molecular flexibility index (Phi) is 6.25. The zero-order chi connectivity index (χ0) is 15.1. The van der Waals surface area contributed by atoms with Gasteiger partial charge in [0.1, 0.15) is 0 Å². The summed E-state index contributed by atoms with van der Waals surface area (Å²) in [6, 6.07) is 11.6. The predicted molar refractivity (Wildman–Crippen MR) is 91.5 cm³/mol. The van der Waals surface area contributed by atoms with E-state index in [9.17, 15) is 0 Å². The summed E-state index contributed by atoms with van der Waals surface area (Å²) in [6.07, 6.45) is 9.18. The minimum absolute atomic E-state index is 0.132. The maximum absolute atomic E-state index is 6.21. The molecule has 1 aromatic rings. The van der Waals surface area contributed by atoms with Crippen LogP contribution in [0.4, 0.5) is 0 Å². The third-order valence-electron chi connectivity index (χ3n) is 5.28. The fourth-order valence-corrected chi connectivity index (χ4v) is 3.89. The SMILES string of the molecule is CCN(C1CCCCC1)C(C)(CN)CCc1ccccc1. The molecule has 2 heteroatoms. The Labute approximate surface area is 130 Å². The first-order valence-electron chi connectivity index (χ1n) is 8.70. The lowest BCUT2D eigenvalue weighted by atomic mass is 9.86. The van der Waals surface area contributed by atoms with E-state index in [1.165, 1.54) is 37.7 Å². The predicted octanol–water partition coefficient (Wildman–Crippen LogP) is 3.99. The van der Waals surface area contributed by atoms with Crippen LogP contribution in [0.2, 0.25) is 0 Å². The Bertz CT molecular complexity index is 397. The molecular weight excluding hydrogens is 256 g/mol. The van der Waals surface area contributed by atoms with Crippen molar-refractivity contribution in [2.24, 2.45) is 5.73 Å². The second-order valence-corrected chi connectivity index (χ2v) is 6.76. The molecule has 0 aliphatic heterocycles. The number of nitrogens with two attached hydrogens (primary N) is 1. The van der Waals surface area contributed by atoms with Gasteiger partial charge in [-0.3, -0.25) is 4.90 Å². The topological polar surface area (TPSA) is 29.3 Å². The van der Waals surface area contributed by atoms with Crippen molar-refractivity contribution in [3.05, 3.63) is 35.9 Å². The first kappa shape index (κ1) is 16.5. The summed E-state index contributed by atoms with van der Waals surface area (Å²) in [5.74, 6) is 0. The normalized spacial score (nSPS) is 19.6. The van der Waals surface area contributed by atoms with Gasteiger partial charge >= 0.3 is 0 Å². The molecule has 0 radical (unpaired) electrons. The molecule has 1 aliphatic carbocycles. The molecule has 0 bridgehead atoms. The highest BCUT2D eigenvalue weighted by atomic mass is 15.2. The van der Waals surface area contributed by atoms with Crippen LogP contribution in [-0.4, -0.2) is 29.6 Å². The van der Waals surface area contributed by atoms with Gasteiger partial charge in [-0.1, -0.05) is 56.5 Å². The van der Waals surface area contributed by atoms with Gasteiger partial charge in [-0.25, -0.2) is 0 Å². The van der Waals surface area contributed by atoms with Gasteiger partial charge in [0.25, 0.3) is 0 Å². The van der Waals surface area contributed by atoms with Gasteiger partial charge in [0.2, 0.25) is 0 Å². The molecule has 2 rings (SSSR count). The van der Waals surface area contributed by atoms with Gasteiger partial charge in [0.05, 0.1) is 0 Å². The Morgan fingerprint density at radius 2 is 1.81 bits per heavy atom. The van der Waals surface area contributed by atoms with Crippen LogP contribution < -0.4 is 5.73 Å². The lowest BCUT2D eigenvalue weighted by Crippen LogP contribution is -2.56. The van der Waals surface area contributed by atoms with Crippen molar-refractivity contribution in [1.29, 1.82) is 0 Å².